The summed E-state index contributed by atoms with van der Waals surface area (Å²) in [5.41, 5.74) is 0.691. The van der Waals surface area contributed by atoms with E-state index in [1.807, 2.05) is 0 Å². The van der Waals surface area contributed by atoms with E-state index in [1.54, 1.807) is 30.5 Å². The summed E-state index contributed by atoms with van der Waals surface area (Å²) in [6.45, 7) is 0. The number of aromatic carboxylic acids is 1. The predicted octanol–water partition coefficient (Wildman–Crippen LogP) is 3.57. The highest BCUT2D eigenvalue weighted by molar-refractivity contribution is 9.10. The van der Waals surface area contributed by atoms with Gasteiger partial charge in [0.1, 0.15) is 11.1 Å². The van der Waals surface area contributed by atoms with Gasteiger partial charge in [-0.2, -0.15) is 5.26 Å². The van der Waals surface area contributed by atoms with Gasteiger partial charge in [0.2, 0.25) is 0 Å². The molecule has 0 spiro atoms. The third kappa shape index (κ3) is 3.13. The van der Waals surface area contributed by atoms with Crippen molar-refractivity contribution in [2.24, 2.45) is 0 Å². The van der Waals surface area contributed by atoms with E-state index in [1.165, 1.54) is 17.8 Å². The van der Waals surface area contributed by atoms with Gasteiger partial charge in [0.15, 0.2) is 0 Å². The normalized spacial score (nSPS) is 9.89. The molecule has 0 saturated heterocycles. The molecule has 0 atom stereocenters. The van der Waals surface area contributed by atoms with E-state index in [0.29, 0.717) is 15.1 Å². The number of rotatable bonds is 3. The first-order valence-electron chi connectivity index (χ1n) is 5.17. The van der Waals surface area contributed by atoms with Crippen LogP contribution in [-0.2, 0) is 0 Å². The van der Waals surface area contributed by atoms with Crippen LogP contribution in [-0.4, -0.2) is 16.1 Å². The zero-order valence-corrected chi connectivity index (χ0v) is 11.9. The van der Waals surface area contributed by atoms with Gasteiger partial charge in [-0.15, -0.1) is 0 Å². The number of halogens is 1. The first-order valence-corrected chi connectivity index (χ1v) is 6.78. The summed E-state index contributed by atoms with van der Waals surface area (Å²) in [5.74, 6) is -1.01. The van der Waals surface area contributed by atoms with E-state index < -0.39 is 5.97 Å². The van der Waals surface area contributed by atoms with Crippen LogP contribution in [0.2, 0.25) is 0 Å². The van der Waals surface area contributed by atoms with Crippen LogP contribution in [0, 0.1) is 11.3 Å². The number of carboxylic acid groups (broad SMARTS) is 1. The third-order valence-corrected chi connectivity index (χ3v) is 3.94. The summed E-state index contributed by atoms with van der Waals surface area (Å²) < 4.78 is 0.674. The van der Waals surface area contributed by atoms with E-state index in [-0.39, 0.29) is 5.56 Å². The molecule has 0 aliphatic rings. The highest BCUT2D eigenvalue weighted by atomic mass is 79.9. The molecule has 0 unspecified atom stereocenters. The Bertz CT molecular complexity index is 683. The van der Waals surface area contributed by atoms with Crippen molar-refractivity contribution < 1.29 is 9.90 Å². The van der Waals surface area contributed by atoms with Crippen LogP contribution in [0.5, 0.6) is 0 Å². The highest BCUT2D eigenvalue weighted by Gasteiger charge is 2.12. The molecule has 1 aromatic carbocycles. The standard InChI is InChI=1S/C13H7BrN2O2S/c14-11-6-9(4-3-8(11)7-15)19-12-10(13(17)18)2-1-5-16-12/h1-6H,(H,17,18). The van der Waals surface area contributed by atoms with E-state index in [9.17, 15) is 4.79 Å². The summed E-state index contributed by atoms with van der Waals surface area (Å²) >= 11 is 4.54. The van der Waals surface area contributed by atoms with Crippen molar-refractivity contribution in [3.05, 3.63) is 52.1 Å². The lowest BCUT2D eigenvalue weighted by Crippen LogP contribution is -1.99. The molecule has 0 aliphatic carbocycles. The quantitative estimate of drug-likeness (QED) is 0.928. The number of hydrogen-bond donors (Lipinski definition) is 1. The minimum absolute atomic E-state index is 0.160. The van der Waals surface area contributed by atoms with E-state index in [0.717, 1.165) is 4.90 Å². The maximum absolute atomic E-state index is 11.1. The molecule has 2 rings (SSSR count). The zero-order valence-electron chi connectivity index (χ0n) is 9.50. The van der Waals surface area contributed by atoms with E-state index in [4.69, 9.17) is 10.4 Å². The van der Waals surface area contributed by atoms with Gasteiger partial charge in [-0.25, -0.2) is 9.78 Å². The van der Waals surface area contributed by atoms with Gasteiger partial charge >= 0.3 is 5.97 Å². The van der Waals surface area contributed by atoms with E-state index >= 15 is 0 Å². The maximum Gasteiger partial charge on any atom is 0.338 e. The Morgan fingerprint density at radius 1 is 1.42 bits per heavy atom. The molecule has 0 aliphatic heterocycles. The van der Waals surface area contributed by atoms with Crippen molar-refractivity contribution in [2.45, 2.75) is 9.92 Å². The molecule has 4 nitrogen and oxygen atoms in total. The molecule has 94 valence electrons. The first-order chi connectivity index (χ1) is 9.11. The fourth-order valence-corrected chi connectivity index (χ4v) is 2.93. The van der Waals surface area contributed by atoms with Crippen LogP contribution in [0.4, 0.5) is 0 Å². The van der Waals surface area contributed by atoms with Gasteiger partial charge in [0.25, 0.3) is 0 Å². The molecule has 0 radical (unpaired) electrons. The lowest BCUT2D eigenvalue weighted by atomic mass is 10.2. The number of nitriles is 1. The Morgan fingerprint density at radius 3 is 2.84 bits per heavy atom. The van der Waals surface area contributed by atoms with Gasteiger partial charge in [-0.05, 0) is 46.3 Å². The number of pyridine rings is 1. The number of nitrogens with zero attached hydrogens (tertiary/aromatic N) is 2. The number of benzene rings is 1. The van der Waals surface area contributed by atoms with Gasteiger partial charge in [0, 0.05) is 15.6 Å². The van der Waals surface area contributed by atoms with Crippen molar-refractivity contribution in [3.8, 4) is 6.07 Å². The fraction of sp³-hybridized carbons (Fsp3) is 0. The molecule has 1 N–H and O–H groups in total. The van der Waals surface area contributed by atoms with Gasteiger partial charge < -0.3 is 5.11 Å². The molecule has 0 saturated carbocycles. The summed E-state index contributed by atoms with van der Waals surface area (Å²) in [7, 11) is 0. The van der Waals surface area contributed by atoms with Crippen LogP contribution in [0.1, 0.15) is 15.9 Å². The summed E-state index contributed by atoms with van der Waals surface area (Å²) in [6.07, 6.45) is 1.55. The lowest BCUT2D eigenvalue weighted by Gasteiger charge is -2.05. The second kappa shape index (κ2) is 5.87. The number of carbonyl (C=O) groups is 1. The second-order valence-corrected chi connectivity index (χ2v) is 5.43. The Morgan fingerprint density at radius 2 is 2.21 bits per heavy atom. The number of hydrogen-bond acceptors (Lipinski definition) is 4. The molecule has 2 aromatic rings. The van der Waals surface area contributed by atoms with Crippen LogP contribution >= 0.6 is 27.7 Å². The summed E-state index contributed by atoms with van der Waals surface area (Å²) in [5, 5.41) is 18.3. The molecule has 0 fully saturated rings. The number of aromatic nitrogens is 1. The third-order valence-electron chi connectivity index (χ3n) is 2.28. The SMILES string of the molecule is N#Cc1ccc(Sc2ncccc2C(=O)O)cc1Br. The van der Waals surface area contributed by atoms with Crippen molar-refractivity contribution in [2.75, 3.05) is 0 Å². The average Bonchev–Trinajstić information content (AvgIpc) is 2.39. The van der Waals surface area contributed by atoms with Gasteiger partial charge in [-0.3, -0.25) is 0 Å². The second-order valence-electron chi connectivity index (χ2n) is 3.52. The molecule has 1 aromatic heterocycles. The summed E-state index contributed by atoms with van der Waals surface area (Å²) in [6, 6.07) is 10.3. The Hall–Kier alpha value is -1.84. The lowest BCUT2D eigenvalue weighted by molar-refractivity contribution is 0.0692. The molecule has 1 heterocycles. The smallest absolute Gasteiger partial charge is 0.338 e. The molecule has 0 amide bonds. The summed E-state index contributed by atoms with van der Waals surface area (Å²) in [4.78, 5) is 16.0. The van der Waals surface area contributed by atoms with Crippen molar-refractivity contribution >= 4 is 33.7 Å². The molecule has 6 heteroatoms. The van der Waals surface area contributed by atoms with Gasteiger partial charge in [-0.1, -0.05) is 11.8 Å². The molecule has 0 bridgehead atoms. The van der Waals surface area contributed by atoms with Crippen LogP contribution in [0.15, 0.2) is 50.9 Å². The monoisotopic (exact) mass is 334 g/mol. The highest BCUT2D eigenvalue weighted by Crippen LogP contribution is 2.31. The average molecular weight is 335 g/mol. The van der Waals surface area contributed by atoms with Crippen LogP contribution in [0.25, 0.3) is 0 Å². The van der Waals surface area contributed by atoms with Crippen LogP contribution in [0.3, 0.4) is 0 Å². The Kier molecular flexibility index (Phi) is 4.20. The molecular weight excluding hydrogens is 328 g/mol. The Balaban J connectivity index is 2.34. The largest absolute Gasteiger partial charge is 0.478 e. The molecule has 19 heavy (non-hydrogen) atoms. The van der Waals surface area contributed by atoms with Crippen LogP contribution < -0.4 is 0 Å². The number of carboxylic acids is 1. The fourth-order valence-electron chi connectivity index (χ4n) is 1.40. The topological polar surface area (TPSA) is 74.0 Å². The molecular formula is C13H7BrN2O2S. The van der Waals surface area contributed by atoms with Crippen molar-refractivity contribution in [1.82, 2.24) is 4.98 Å². The van der Waals surface area contributed by atoms with E-state index in [2.05, 4.69) is 27.0 Å². The van der Waals surface area contributed by atoms with Crippen molar-refractivity contribution in [3.63, 3.8) is 0 Å². The minimum atomic E-state index is -1.01. The minimum Gasteiger partial charge on any atom is -0.478 e. The first kappa shape index (κ1) is 13.6. The predicted molar refractivity (Wildman–Crippen MR) is 74.2 cm³/mol. The van der Waals surface area contributed by atoms with Gasteiger partial charge in [0.05, 0.1) is 11.1 Å². The van der Waals surface area contributed by atoms with Crippen molar-refractivity contribution in [1.29, 1.82) is 5.26 Å². The Labute approximate surface area is 122 Å². The zero-order chi connectivity index (χ0) is 13.8. The maximum atomic E-state index is 11.1.